The molecule has 0 unspecified atom stereocenters. The van der Waals surface area contributed by atoms with Crippen molar-refractivity contribution in [2.24, 2.45) is 0 Å². The molecule has 0 aromatic rings. The molecule has 4 nitrogen and oxygen atoms in total. The lowest BCUT2D eigenvalue weighted by Gasteiger charge is -2.40. The van der Waals surface area contributed by atoms with Gasteiger partial charge in [-0.1, -0.05) is 12.2 Å². The highest BCUT2D eigenvalue weighted by atomic mass is 32.2. The molecule has 15 heavy (non-hydrogen) atoms. The molecule has 0 saturated carbocycles. The SMILES string of the molecule is CC1(C)CS(=O)(=O)C2(CC=CC2)C(=O)N1. The van der Waals surface area contributed by atoms with Crippen molar-refractivity contribution in [2.75, 3.05) is 5.75 Å². The Morgan fingerprint density at radius 1 is 1.27 bits per heavy atom. The van der Waals surface area contributed by atoms with Crippen molar-refractivity contribution in [3.8, 4) is 0 Å². The number of hydrogen-bond acceptors (Lipinski definition) is 3. The first-order valence-corrected chi connectivity index (χ1v) is 6.64. The lowest BCUT2D eigenvalue weighted by atomic mass is 10.0. The minimum absolute atomic E-state index is 0.0212. The molecule has 1 amide bonds. The van der Waals surface area contributed by atoms with Crippen LogP contribution in [0, 0.1) is 0 Å². The molecule has 5 heteroatoms. The molecule has 2 aliphatic rings. The summed E-state index contributed by atoms with van der Waals surface area (Å²) in [7, 11) is -3.35. The molecule has 1 spiro atoms. The largest absolute Gasteiger partial charge is 0.349 e. The highest BCUT2D eigenvalue weighted by Gasteiger charge is 2.56. The molecule has 0 atom stereocenters. The Labute approximate surface area is 89.7 Å². The van der Waals surface area contributed by atoms with Crippen molar-refractivity contribution in [2.45, 2.75) is 37.0 Å². The van der Waals surface area contributed by atoms with Gasteiger partial charge >= 0.3 is 0 Å². The molecular formula is C10H15NO3S. The maximum atomic E-state index is 12.1. The summed E-state index contributed by atoms with van der Waals surface area (Å²) >= 11 is 0. The van der Waals surface area contributed by atoms with Crippen LogP contribution in [0.5, 0.6) is 0 Å². The first kappa shape index (κ1) is 10.7. The third-order valence-electron chi connectivity index (χ3n) is 3.07. The van der Waals surface area contributed by atoms with Crippen molar-refractivity contribution in [3.05, 3.63) is 12.2 Å². The number of amides is 1. The Bertz CT molecular complexity index is 426. The Morgan fingerprint density at radius 3 is 2.27 bits per heavy atom. The second kappa shape index (κ2) is 2.84. The molecule has 1 aliphatic heterocycles. The van der Waals surface area contributed by atoms with E-state index in [1.807, 2.05) is 0 Å². The van der Waals surface area contributed by atoms with Crippen LogP contribution in [0.4, 0.5) is 0 Å². The summed E-state index contributed by atoms with van der Waals surface area (Å²) in [5, 5.41) is 2.79. The molecule has 1 fully saturated rings. The Morgan fingerprint density at radius 2 is 1.80 bits per heavy atom. The maximum Gasteiger partial charge on any atom is 0.242 e. The Kier molecular flexibility index (Phi) is 2.02. The zero-order chi connectivity index (χ0) is 11.3. The average Bonchev–Trinajstić information content (AvgIpc) is 2.46. The van der Waals surface area contributed by atoms with Crippen LogP contribution in [0.25, 0.3) is 0 Å². The van der Waals surface area contributed by atoms with Crippen molar-refractivity contribution >= 4 is 15.7 Å². The summed E-state index contributed by atoms with van der Waals surface area (Å²) < 4.78 is 23.1. The van der Waals surface area contributed by atoms with Gasteiger partial charge in [-0.3, -0.25) is 4.79 Å². The Balaban J connectivity index is 2.46. The van der Waals surface area contributed by atoms with Crippen LogP contribution in [0.2, 0.25) is 0 Å². The maximum absolute atomic E-state index is 12.1. The normalized spacial score (nSPS) is 30.4. The van der Waals surface area contributed by atoms with Crippen molar-refractivity contribution in [1.29, 1.82) is 0 Å². The standard InChI is InChI=1S/C10H15NO3S/c1-9(2)7-15(13,14)10(8(12)11-9)5-3-4-6-10/h3-4H,5-7H2,1-2H3,(H,11,12). The first-order chi connectivity index (χ1) is 6.79. The molecule has 0 aromatic carbocycles. The van der Waals surface area contributed by atoms with Gasteiger partial charge in [0.1, 0.15) is 0 Å². The van der Waals surface area contributed by atoms with Gasteiger partial charge in [0.25, 0.3) is 0 Å². The highest BCUT2D eigenvalue weighted by Crippen LogP contribution is 2.37. The van der Waals surface area contributed by atoms with E-state index in [0.717, 1.165) is 0 Å². The molecule has 0 aromatic heterocycles. The lowest BCUT2D eigenvalue weighted by molar-refractivity contribution is -0.125. The van der Waals surface area contributed by atoms with E-state index in [2.05, 4.69) is 5.32 Å². The number of carbonyl (C=O) groups excluding carboxylic acids is 1. The van der Waals surface area contributed by atoms with Crippen LogP contribution in [-0.2, 0) is 14.6 Å². The zero-order valence-electron chi connectivity index (χ0n) is 8.91. The molecule has 84 valence electrons. The fourth-order valence-corrected chi connectivity index (χ4v) is 4.61. The van der Waals surface area contributed by atoms with E-state index in [4.69, 9.17) is 0 Å². The topological polar surface area (TPSA) is 63.2 Å². The van der Waals surface area contributed by atoms with Crippen LogP contribution in [0.1, 0.15) is 26.7 Å². The molecule has 2 rings (SSSR count). The van der Waals surface area contributed by atoms with E-state index >= 15 is 0 Å². The quantitative estimate of drug-likeness (QED) is 0.611. The van der Waals surface area contributed by atoms with Crippen LogP contribution in [0.15, 0.2) is 12.2 Å². The predicted molar refractivity (Wildman–Crippen MR) is 57.1 cm³/mol. The lowest BCUT2D eigenvalue weighted by Crippen LogP contribution is -2.65. The van der Waals surface area contributed by atoms with E-state index in [9.17, 15) is 13.2 Å². The van der Waals surface area contributed by atoms with E-state index in [0.29, 0.717) is 12.8 Å². The zero-order valence-corrected chi connectivity index (χ0v) is 9.73. The summed E-state index contributed by atoms with van der Waals surface area (Å²) in [6.07, 6.45) is 4.18. The predicted octanol–water partition coefficient (Wildman–Crippen LogP) is 0.398. The number of hydrogen-bond donors (Lipinski definition) is 1. The molecule has 1 aliphatic carbocycles. The second-order valence-corrected chi connectivity index (χ2v) is 7.27. The van der Waals surface area contributed by atoms with Crippen LogP contribution in [0.3, 0.4) is 0 Å². The van der Waals surface area contributed by atoms with Gasteiger partial charge in [0.05, 0.1) is 5.75 Å². The minimum atomic E-state index is -3.35. The van der Waals surface area contributed by atoms with Gasteiger partial charge in [0.15, 0.2) is 14.6 Å². The van der Waals surface area contributed by atoms with Gasteiger partial charge in [0.2, 0.25) is 5.91 Å². The van der Waals surface area contributed by atoms with Gasteiger partial charge in [-0.2, -0.15) is 0 Å². The number of rotatable bonds is 0. The summed E-state index contributed by atoms with van der Waals surface area (Å²) in [4.78, 5) is 11.9. The fraction of sp³-hybridized carbons (Fsp3) is 0.700. The third-order valence-corrected chi connectivity index (χ3v) is 5.88. The molecule has 1 saturated heterocycles. The Hall–Kier alpha value is -0.840. The van der Waals surface area contributed by atoms with Gasteiger partial charge in [0, 0.05) is 5.54 Å². The number of carbonyl (C=O) groups is 1. The van der Waals surface area contributed by atoms with Gasteiger partial charge < -0.3 is 5.32 Å². The van der Waals surface area contributed by atoms with Gasteiger partial charge in [-0.25, -0.2) is 8.42 Å². The van der Waals surface area contributed by atoms with Crippen LogP contribution < -0.4 is 5.32 Å². The smallest absolute Gasteiger partial charge is 0.242 e. The number of nitrogens with one attached hydrogen (secondary N) is 1. The molecule has 1 N–H and O–H groups in total. The average molecular weight is 229 g/mol. The monoisotopic (exact) mass is 229 g/mol. The number of allylic oxidation sites excluding steroid dienone is 2. The van der Waals surface area contributed by atoms with Gasteiger partial charge in [-0.05, 0) is 26.7 Å². The summed E-state index contributed by atoms with van der Waals surface area (Å²) in [5.74, 6) is -0.322. The van der Waals surface area contributed by atoms with E-state index in [-0.39, 0.29) is 11.7 Å². The van der Waals surface area contributed by atoms with Crippen molar-refractivity contribution in [3.63, 3.8) is 0 Å². The highest BCUT2D eigenvalue weighted by molar-refractivity contribution is 7.93. The van der Waals surface area contributed by atoms with Gasteiger partial charge in [-0.15, -0.1) is 0 Å². The third kappa shape index (κ3) is 1.40. The van der Waals surface area contributed by atoms with Crippen LogP contribution >= 0.6 is 0 Å². The first-order valence-electron chi connectivity index (χ1n) is 4.99. The molecule has 1 heterocycles. The van der Waals surface area contributed by atoms with E-state index in [1.54, 1.807) is 26.0 Å². The number of sulfone groups is 1. The van der Waals surface area contributed by atoms with Crippen LogP contribution in [-0.4, -0.2) is 30.4 Å². The van der Waals surface area contributed by atoms with E-state index < -0.39 is 20.1 Å². The molecular weight excluding hydrogens is 214 g/mol. The molecule has 0 bridgehead atoms. The summed E-state index contributed by atoms with van der Waals surface area (Å²) in [6.45, 7) is 3.47. The summed E-state index contributed by atoms with van der Waals surface area (Å²) in [5.41, 5.74) is -0.649. The fourth-order valence-electron chi connectivity index (χ4n) is 2.28. The minimum Gasteiger partial charge on any atom is -0.349 e. The van der Waals surface area contributed by atoms with Crippen molar-refractivity contribution < 1.29 is 13.2 Å². The molecule has 0 radical (unpaired) electrons. The summed E-state index contributed by atoms with van der Waals surface area (Å²) in [6, 6.07) is 0. The van der Waals surface area contributed by atoms with Crippen molar-refractivity contribution in [1.82, 2.24) is 5.32 Å². The van der Waals surface area contributed by atoms with E-state index in [1.165, 1.54) is 0 Å². The second-order valence-electron chi connectivity index (χ2n) is 4.97.